The predicted octanol–water partition coefficient (Wildman–Crippen LogP) is 5.69. The van der Waals surface area contributed by atoms with Crippen LogP contribution in [0.1, 0.15) is 5.69 Å². The Bertz CT molecular complexity index is 1310. The third-order valence-electron chi connectivity index (χ3n) is 4.91. The molecule has 126 valence electrons. The highest BCUT2D eigenvalue weighted by atomic mass is 15.2. The molecule has 0 N–H and O–H groups in total. The molecule has 0 atom stereocenters. The van der Waals surface area contributed by atoms with Crippen molar-refractivity contribution in [3.05, 3.63) is 96.8 Å². The summed E-state index contributed by atoms with van der Waals surface area (Å²) < 4.78 is 1.78. The van der Waals surface area contributed by atoms with Crippen molar-refractivity contribution in [1.29, 1.82) is 5.26 Å². The van der Waals surface area contributed by atoms with Gasteiger partial charge in [0.25, 0.3) is 0 Å². The fraction of sp³-hybridized carbons (Fsp3) is 0. The number of nitriles is 1. The molecule has 0 aliphatic rings. The second-order valence-electron chi connectivity index (χ2n) is 6.43. The largest absolute Gasteiger partial charge is 0.221 e. The average molecular weight is 345 g/mol. The van der Waals surface area contributed by atoms with E-state index in [1.165, 1.54) is 0 Å². The van der Waals surface area contributed by atoms with Crippen molar-refractivity contribution in [2.24, 2.45) is 0 Å². The lowest BCUT2D eigenvalue weighted by Crippen LogP contribution is -1.95. The Hall–Kier alpha value is -3.90. The maximum Gasteiger partial charge on any atom is 0.151 e. The minimum Gasteiger partial charge on any atom is -0.221 e. The van der Waals surface area contributed by atoms with E-state index in [0.717, 1.165) is 38.5 Å². The zero-order chi connectivity index (χ0) is 18.2. The number of hydrogen-bond acceptors (Lipinski definition) is 2. The quantitative estimate of drug-likeness (QED) is 0.412. The fourth-order valence-electron chi connectivity index (χ4n) is 3.74. The van der Waals surface area contributed by atoms with Gasteiger partial charge in [0.05, 0.1) is 11.7 Å². The fourth-order valence-corrected chi connectivity index (χ4v) is 3.74. The van der Waals surface area contributed by atoms with Crippen molar-refractivity contribution < 1.29 is 0 Å². The number of hydrogen-bond donors (Lipinski definition) is 0. The summed E-state index contributed by atoms with van der Waals surface area (Å²) in [7, 11) is 0. The molecule has 3 heteroatoms. The lowest BCUT2D eigenvalue weighted by molar-refractivity contribution is 0.936. The lowest BCUT2D eigenvalue weighted by Gasteiger charge is -2.07. The van der Waals surface area contributed by atoms with E-state index < -0.39 is 0 Å². The summed E-state index contributed by atoms with van der Waals surface area (Å²) in [6.45, 7) is 0. The molecule has 3 aromatic carbocycles. The van der Waals surface area contributed by atoms with Crippen LogP contribution in [-0.2, 0) is 0 Å². The third-order valence-corrected chi connectivity index (χ3v) is 4.91. The molecular weight excluding hydrogens is 330 g/mol. The molecule has 27 heavy (non-hydrogen) atoms. The van der Waals surface area contributed by atoms with Crippen molar-refractivity contribution in [2.45, 2.75) is 0 Å². The first kappa shape index (κ1) is 15.4. The topological polar surface area (TPSA) is 41.1 Å². The molecule has 2 heterocycles. The van der Waals surface area contributed by atoms with Crippen molar-refractivity contribution in [3.8, 4) is 28.3 Å². The highest BCUT2D eigenvalue weighted by Crippen LogP contribution is 2.41. The second-order valence-corrected chi connectivity index (χ2v) is 6.43. The second kappa shape index (κ2) is 6.12. The number of nitrogens with zero attached hydrogens (tertiary/aromatic N) is 3. The van der Waals surface area contributed by atoms with E-state index >= 15 is 0 Å². The van der Waals surface area contributed by atoms with Crippen LogP contribution in [0.2, 0.25) is 0 Å². The van der Waals surface area contributed by atoms with Gasteiger partial charge in [-0.3, -0.25) is 0 Å². The van der Waals surface area contributed by atoms with Gasteiger partial charge in [0.1, 0.15) is 6.07 Å². The number of fused-ring (bicyclic) bond motifs is 3. The molecule has 3 nitrogen and oxygen atoms in total. The molecule has 5 aromatic rings. The standard InChI is InChI=1S/C24H15N3/c25-15-21-22(17-9-3-1-4-10-17)23(18-11-5-2-6-12-18)24-20-14-8-7-13-19(20)16-26-27(21)24/h1-14,16H. The molecule has 0 saturated carbocycles. The minimum absolute atomic E-state index is 0.556. The average Bonchev–Trinajstić information content (AvgIpc) is 3.10. The van der Waals surface area contributed by atoms with Crippen LogP contribution in [0.5, 0.6) is 0 Å². The Kier molecular flexibility index (Phi) is 3.48. The highest BCUT2D eigenvalue weighted by molar-refractivity contribution is 6.09. The van der Waals surface area contributed by atoms with Crippen molar-refractivity contribution in [1.82, 2.24) is 9.61 Å². The Labute approximate surface area is 156 Å². The molecule has 0 amide bonds. The van der Waals surface area contributed by atoms with Crippen molar-refractivity contribution >= 4 is 16.3 Å². The van der Waals surface area contributed by atoms with Crippen LogP contribution in [0.25, 0.3) is 38.5 Å². The smallest absolute Gasteiger partial charge is 0.151 e. The molecule has 2 aromatic heterocycles. The van der Waals surface area contributed by atoms with Crippen LogP contribution in [-0.4, -0.2) is 9.61 Å². The minimum atomic E-state index is 0.556. The van der Waals surface area contributed by atoms with Crippen molar-refractivity contribution in [2.75, 3.05) is 0 Å². The summed E-state index contributed by atoms with van der Waals surface area (Å²) >= 11 is 0. The summed E-state index contributed by atoms with van der Waals surface area (Å²) in [6.07, 6.45) is 1.83. The molecule has 0 radical (unpaired) electrons. The third kappa shape index (κ3) is 2.32. The summed E-state index contributed by atoms with van der Waals surface area (Å²) in [5, 5.41) is 16.8. The van der Waals surface area contributed by atoms with E-state index in [-0.39, 0.29) is 0 Å². The van der Waals surface area contributed by atoms with Gasteiger partial charge in [-0.15, -0.1) is 0 Å². The SMILES string of the molecule is N#Cc1c(-c2ccccc2)c(-c2ccccc2)c2c3ccccc3cnn12. The molecule has 0 bridgehead atoms. The molecule has 0 saturated heterocycles. The van der Waals surface area contributed by atoms with Gasteiger partial charge >= 0.3 is 0 Å². The van der Waals surface area contributed by atoms with Crippen LogP contribution in [0.3, 0.4) is 0 Å². The van der Waals surface area contributed by atoms with Crippen LogP contribution in [0.15, 0.2) is 91.1 Å². The monoisotopic (exact) mass is 345 g/mol. The van der Waals surface area contributed by atoms with Gasteiger partial charge in [-0.25, -0.2) is 4.52 Å². The Morgan fingerprint density at radius 2 is 1.30 bits per heavy atom. The maximum absolute atomic E-state index is 10.00. The highest BCUT2D eigenvalue weighted by Gasteiger charge is 2.23. The van der Waals surface area contributed by atoms with Gasteiger partial charge < -0.3 is 0 Å². The van der Waals surface area contributed by atoms with Gasteiger partial charge in [-0.05, 0) is 11.1 Å². The summed E-state index contributed by atoms with van der Waals surface area (Å²) in [4.78, 5) is 0. The summed E-state index contributed by atoms with van der Waals surface area (Å²) in [6, 6.07) is 30.9. The van der Waals surface area contributed by atoms with Crippen LogP contribution < -0.4 is 0 Å². The zero-order valence-corrected chi connectivity index (χ0v) is 14.5. The zero-order valence-electron chi connectivity index (χ0n) is 14.5. The van der Waals surface area contributed by atoms with Crippen LogP contribution in [0, 0.1) is 11.3 Å². The normalized spacial score (nSPS) is 10.9. The number of aromatic nitrogens is 2. The number of rotatable bonds is 2. The first-order valence-corrected chi connectivity index (χ1v) is 8.82. The van der Waals surface area contributed by atoms with Gasteiger partial charge in [0.15, 0.2) is 5.69 Å². The predicted molar refractivity (Wildman–Crippen MR) is 108 cm³/mol. The lowest BCUT2D eigenvalue weighted by atomic mass is 9.94. The first-order chi connectivity index (χ1) is 13.4. The molecule has 5 rings (SSSR count). The number of benzene rings is 3. The van der Waals surface area contributed by atoms with E-state index in [4.69, 9.17) is 0 Å². The first-order valence-electron chi connectivity index (χ1n) is 8.82. The molecule has 0 aliphatic carbocycles. The van der Waals surface area contributed by atoms with E-state index in [9.17, 15) is 5.26 Å². The van der Waals surface area contributed by atoms with Gasteiger partial charge in [0.2, 0.25) is 0 Å². The Morgan fingerprint density at radius 3 is 1.96 bits per heavy atom. The summed E-state index contributed by atoms with van der Waals surface area (Å²) in [5.41, 5.74) is 5.59. The maximum atomic E-state index is 10.00. The Morgan fingerprint density at radius 1 is 0.704 bits per heavy atom. The van der Waals surface area contributed by atoms with E-state index in [2.05, 4.69) is 35.4 Å². The van der Waals surface area contributed by atoms with E-state index in [1.807, 2.05) is 66.9 Å². The van der Waals surface area contributed by atoms with Gasteiger partial charge in [-0.2, -0.15) is 10.4 Å². The van der Waals surface area contributed by atoms with Gasteiger partial charge in [0, 0.05) is 21.9 Å². The molecule has 0 fully saturated rings. The van der Waals surface area contributed by atoms with Crippen LogP contribution in [0.4, 0.5) is 0 Å². The summed E-state index contributed by atoms with van der Waals surface area (Å²) in [5.74, 6) is 0. The molecule has 0 aliphatic heterocycles. The van der Waals surface area contributed by atoms with Crippen molar-refractivity contribution in [3.63, 3.8) is 0 Å². The molecule has 0 unspecified atom stereocenters. The Balaban J connectivity index is 2.05. The van der Waals surface area contributed by atoms with E-state index in [0.29, 0.717) is 5.69 Å². The van der Waals surface area contributed by atoms with Gasteiger partial charge in [-0.1, -0.05) is 84.9 Å². The van der Waals surface area contributed by atoms with Crippen LogP contribution >= 0.6 is 0 Å². The van der Waals surface area contributed by atoms with E-state index in [1.54, 1.807) is 4.52 Å². The molecule has 0 spiro atoms. The molecular formula is C24H15N3.